The smallest absolute Gasteiger partial charge is 0.340 e. The molecular weight excluding hydrogens is 341 g/mol. The normalized spacial score (nSPS) is 10.5. The number of pyridine rings is 1. The summed E-state index contributed by atoms with van der Waals surface area (Å²) >= 11 is 11.7. The number of benzene rings is 1. The van der Waals surface area contributed by atoms with E-state index in [4.69, 9.17) is 32.5 Å². The number of aromatic nitrogens is 3. The van der Waals surface area contributed by atoms with E-state index in [1.807, 2.05) is 6.07 Å². The second kappa shape index (κ2) is 6.76. The van der Waals surface area contributed by atoms with Gasteiger partial charge in [-0.25, -0.2) is 9.78 Å². The van der Waals surface area contributed by atoms with Crippen LogP contribution >= 0.6 is 23.2 Å². The van der Waals surface area contributed by atoms with Gasteiger partial charge in [0.2, 0.25) is 5.82 Å². The molecule has 3 aromatic rings. The van der Waals surface area contributed by atoms with Crippen LogP contribution in [0.4, 0.5) is 0 Å². The first-order valence-electron chi connectivity index (χ1n) is 6.49. The molecule has 2 heterocycles. The number of esters is 1. The largest absolute Gasteiger partial charge is 0.452 e. The van der Waals surface area contributed by atoms with Gasteiger partial charge < -0.3 is 9.26 Å². The highest BCUT2D eigenvalue weighted by molar-refractivity contribution is 6.33. The summed E-state index contributed by atoms with van der Waals surface area (Å²) in [5.41, 5.74) is 0.914. The van der Waals surface area contributed by atoms with Gasteiger partial charge in [0.15, 0.2) is 6.61 Å². The average molecular weight is 350 g/mol. The molecule has 0 saturated carbocycles. The Kier molecular flexibility index (Phi) is 4.55. The highest BCUT2D eigenvalue weighted by atomic mass is 35.5. The molecule has 8 heteroatoms. The summed E-state index contributed by atoms with van der Waals surface area (Å²) in [6.45, 7) is -0.154. The number of carbonyl (C=O) groups is 1. The molecule has 1 aromatic carbocycles. The van der Waals surface area contributed by atoms with Crippen LogP contribution in [-0.2, 0) is 11.3 Å². The predicted octanol–water partition coefficient (Wildman–Crippen LogP) is 3.80. The first-order chi connectivity index (χ1) is 11.1. The lowest BCUT2D eigenvalue weighted by molar-refractivity contribution is 0.0429. The van der Waals surface area contributed by atoms with Crippen molar-refractivity contribution in [2.24, 2.45) is 0 Å². The number of ether oxygens (including phenoxy) is 1. The minimum Gasteiger partial charge on any atom is -0.452 e. The summed E-state index contributed by atoms with van der Waals surface area (Å²) in [5, 5.41) is 4.62. The number of halogens is 2. The maximum atomic E-state index is 11.8. The van der Waals surface area contributed by atoms with Crippen molar-refractivity contribution in [2.75, 3.05) is 0 Å². The molecule has 0 unspecified atom stereocenters. The van der Waals surface area contributed by atoms with Crippen LogP contribution in [-0.4, -0.2) is 21.1 Å². The van der Waals surface area contributed by atoms with Gasteiger partial charge in [0.05, 0.1) is 10.6 Å². The van der Waals surface area contributed by atoms with Gasteiger partial charge in [-0.2, -0.15) is 4.98 Å². The summed E-state index contributed by atoms with van der Waals surface area (Å²) in [6, 6.07) is 10.1. The highest BCUT2D eigenvalue weighted by Crippen LogP contribution is 2.24. The average Bonchev–Trinajstić information content (AvgIpc) is 3.02. The van der Waals surface area contributed by atoms with Crippen LogP contribution in [0.2, 0.25) is 10.2 Å². The maximum Gasteiger partial charge on any atom is 0.340 e. The van der Waals surface area contributed by atoms with Crippen molar-refractivity contribution in [1.82, 2.24) is 15.1 Å². The molecule has 0 N–H and O–H groups in total. The fourth-order valence-corrected chi connectivity index (χ4v) is 2.10. The molecule has 0 bridgehead atoms. The van der Waals surface area contributed by atoms with Crippen molar-refractivity contribution >= 4 is 29.2 Å². The van der Waals surface area contributed by atoms with E-state index in [-0.39, 0.29) is 18.1 Å². The molecule has 2 aromatic heterocycles. The Morgan fingerprint density at radius 1 is 1.17 bits per heavy atom. The number of nitrogens with zero attached hydrogens (tertiary/aromatic N) is 3. The van der Waals surface area contributed by atoms with Gasteiger partial charge in [-0.15, -0.1) is 0 Å². The molecule has 0 saturated heterocycles. The molecule has 6 nitrogen and oxygen atoms in total. The van der Waals surface area contributed by atoms with E-state index in [1.165, 1.54) is 18.3 Å². The summed E-state index contributed by atoms with van der Waals surface area (Å²) in [7, 11) is 0. The van der Waals surface area contributed by atoms with Gasteiger partial charge in [-0.1, -0.05) is 40.5 Å². The third-order valence-electron chi connectivity index (χ3n) is 2.87. The first kappa shape index (κ1) is 15.5. The molecular formula is C15H9Cl2N3O3. The molecule has 3 rings (SSSR count). The van der Waals surface area contributed by atoms with Crippen LogP contribution in [0.5, 0.6) is 0 Å². The van der Waals surface area contributed by atoms with Crippen molar-refractivity contribution in [2.45, 2.75) is 6.61 Å². The van der Waals surface area contributed by atoms with Gasteiger partial charge in [-0.05, 0) is 24.3 Å². The maximum absolute atomic E-state index is 11.8. The zero-order valence-electron chi connectivity index (χ0n) is 11.6. The van der Waals surface area contributed by atoms with Crippen LogP contribution in [0, 0.1) is 0 Å². The van der Waals surface area contributed by atoms with Crippen molar-refractivity contribution in [3.8, 4) is 11.4 Å². The van der Waals surface area contributed by atoms with Crippen LogP contribution < -0.4 is 0 Å². The van der Waals surface area contributed by atoms with E-state index in [0.29, 0.717) is 21.6 Å². The summed E-state index contributed by atoms with van der Waals surface area (Å²) in [5.74, 6) is -0.0725. The molecule has 0 atom stereocenters. The molecule has 116 valence electrons. The molecule has 0 radical (unpaired) electrons. The van der Waals surface area contributed by atoms with Gasteiger partial charge in [0, 0.05) is 11.8 Å². The topological polar surface area (TPSA) is 78.1 Å². The van der Waals surface area contributed by atoms with E-state index in [9.17, 15) is 4.79 Å². The SMILES string of the molecule is O=C(OCc1nc(-c2ccccc2Cl)no1)c1ccc(Cl)nc1. The Morgan fingerprint density at radius 2 is 2.00 bits per heavy atom. The van der Waals surface area contributed by atoms with Crippen molar-refractivity contribution < 1.29 is 14.1 Å². The van der Waals surface area contributed by atoms with Crippen LogP contribution in [0.1, 0.15) is 16.2 Å². The van der Waals surface area contributed by atoms with Crippen molar-refractivity contribution in [3.05, 3.63) is 64.2 Å². The van der Waals surface area contributed by atoms with Gasteiger partial charge >= 0.3 is 5.97 Å². The Balaban J connectivity index is 1.67. The molecule has 0 spiro atoms. The number of rotatable bonds is 4. The van der Waals surface area contributed by atoms with Crippen LogP contribution in [0.15, 0.2) is 47.1 Å². The zero-order valence-corrected chi connectivity index (χ0v) is 13.1. The molecule has 0 aliphatic rings. The Hall–Kier alpha value is -2.44. The molecule has 0 aliphatic carbocycles. The van der Waals surface area contributed by atoms with E-state index >= 15 is 0 Å². The Labute approximate surface area is 141 Å². The minimum absolute atomic E-state index is 0.154. The van der Waals surface area contributed by atoms with Crippen LogP contribution in [0.3, 0.4) is 0 Å². The van der Waals surface area contributed by atoms with Gasteiger partial charge in [0.25, 0.3) is 5.89 Å². The predicted molar refractivity (Wildman–Crippen MR) is 83.1 cm³/mol. The monoisotopic (exact) mass is 349 g/mol. The quantitative estimate of drug-likeness (QED) is 0.526. The lowest BCUT2D eigenvalue weighted by atomic mass is 10.2. The standard InChI is InChI=1S/C15H9Cl2N3O3/c16-11-4-2-1-3-10(11)14-19-13(23-20-14)8-22-15(21)9-5-6-12(17)18-7-9/h1-7H,8H2. The second-order valence-corrected chi connectivity index (χ2v) is 5.23. The van der Waals surface area contributed by atoms with Gasteiger partial charge in [0.1, 0.15) is 5.15 Å². The van der Waals surface area contributed by atoms with E-state index < -0.39 is 5.97 Å². The fourth-order valence-electron chi connectivity index (χ4n) is 1.77. The van der Waals surface area contributed by atoms with E-state index in [0.717, 1.165) is 0 Å². The minimum atomic E-state index is -0.563. The van der Waals surface area contributed by atoms with Crippen molar-refractivity contribution in [1.29, 1.82) is 0 Å². The summed E-state index contributed by atoms with van der Waals surface area (Å²) in [6.07, 6.45) is 1.33. The third-order valence-corrected chi connectivity index (χ3v) is 3.43. The molecule has 23 heavy (non-hydrogen) atoms. The lowest BCUT2D eigenvalue weighted by Crippen LogP contribution is -2.05. The Bertz CT molecular complexity index is 834. The fraction of sp³-hybridized carbons (Fsp3) is 0.0667. The first-order valence-corrected chi connectivity index (χ1v) is 7.25. The number of carbonyl (C=O) groups excluding carboxylic acids is 1. The molecule has 0 aliphatic heterocycles. The van der Waals surface area contributed by atoms with Crippen molar-refractivity contribution in [3.63, 3.8) is 0 Å². The lowest BCUT2D eigenvalue weighted by Gasteiger charge is -2.01. The zero-order chi connectivity index (χ0) is 16.2. The van der Waals surface area contributed by atoms with E-state index in [2.05, 4.69) is 15.1 Å². The molecule has 0 amide bonds. The molecule has 0 fully saturated rings. The third kappa shape index (κ3) is 3.67. The second-order valence-electron chi connectivity index (χ2n) is 4.44. The number of hydrogen-bond acceptors (Lipinski definition) is 6. The number of hydrogen-bond donors (Lipinski definition) is 0. The van der Waals surface area contributed by atoms with E-state index in [1.54, 1.807) is 18.2 Å². The summed E-state index contributed by atoms with van der Waals surface area (Å²) < 4.78 is 10.1. The highest BCUT2D eigenvalue weighted by Gasteiger charge is 2.14. The summed E-state index contributed by atoms with van der Waals surface area (Å²) in [4.78, 5) is 19.8. The Morgan fingerprint density at radius 3 is 2.74 bits per heavy atom. The van der Waals surface area contributed by atoms with Crippen LogP contribution in [0.25, 0.3) is 11.4 Å². The van der Waals surface area contributed by atoms with Gasteiger partial charge in [-0.3, -0.25) is 0 Å².